The van der Waals surface area contributed by atoms with Gasteiger partial charge in [0.25, 0.3) is 5.91 Å². The molecule has 0 bridgehead atoms. The average molecular weight is 273 g/mol. The van der Waals surface area contributed by atoms with Crippen molar-refractivity contribution in [2.45, 2.75) is 0 Å². The Morgan fingerprint density at radius 3 is 2.63 bits per heavy atom. The number of carbonyl (C=O) groups excluding carboxylic acids is 1. The van der Waals surface area contributed by atoms with E-state index in [-0.39, 0.29) is 11.0 Å². The predicted octanol–water partition coefficient (Wildman–Crippen LogP) is 1.11. The molecular weight excluding hydrogens is 262 g/mol. The number of hydrogen-bond donors (Lipinski definition) is 3. The van der Waals surface area contributed by atoms with Crippen molar-refractivity contribution in [3.8, 4) is 0 Å². The fourth-order valence-corrected chi connectivity index (χ4v) is 1.42. The maximum atomic E-state index is 11.8. The lowest BCUT2D eigenvalue weighted by Crippen LogP contribution is -2.42. The monoisotopic (exact) mass is 273 g/mol. The average Bonchev–Trinajstić information content (AvgIpc) is 2.47. The highest BCUT2D eigenvalue weighted by Crippen LogP contribution is 1.98. The number of anilines is 1. The summed E-state index contributed by atoms with van der Waals surface area (Å²) in [5.74, 6) is 0.220. The third-order valence-corrected chi connectivity index (χ3v) is 2.33. The number of rotatable bonds is 3. The second-order valence-corrected chi connectivity index (χ2v) is 3.90. The Balaban J connectivity index is 1.83. The Bertz CT molecular complexity index is 561. The molecule has 0 radical (unpaired) electrons. The molecule has 96 valence electrons. The molecule has 0 aliphatic rings. The molecule has 7 heteroatoms. The SMILES string of the molecule is O=C(NC(=S)NNc1cnccn1)c1ccccc1. The van der Waals surface area contributed by atoms with Crippen LogP contribution in [0.15, 0.2) is 48.9 Å². The summed E-state index contributed by atoms with van der Waals surface area (Å²) in [6.45, 7) is 0. The second kappa shape index (κ2) is 6.41. The number of hydrazine groups is 1. The van der Waals surface area contributed by atoms with Gasteiger partial charge < -0.3 is 0 Å². The maximum Gasteiger partial charge on any atom is 0.257 e. The summed E-state index contributed by atoms with van der Waals surface area (Å²) in [7, 11) is 0. The molecule has 0 atom stereocenters. The summed E-state index contributed by atoms with van der Waals surface area (Å²) in [5, 5.41) is 2.69. The number of nitrogens with one attached hydrogen (secondary N) is 3. The van der Waals surface area contributed by atoms with Crippen LogP contribution in [0.5, 0.6) is 0 Å². The van der Waals surface area contributed by atoms with Crippen LogP contribution in [0.1, 0.15) is 10.4 Å². The van der Waals surface area contributed by atoms with E-state index in [0.717, 1.165) is 0 Å². The molecule has 2 rings (SSSR count). The van der Waals surface area contributed by atoms with E-state index in [1.54, 1.807) is 30.5 Å². The van der Waals surface area contributed by atoms with Gasteiger partial charge in [0.1, 0.15) is 0 Å². The fraction of sp³-hybridized carbons (Fsp3) is 0. The largest absolute Gasteiger partial charge is 0.298 e. The van der Waals surface area contributed by atoms with Crippen molar-refractivity contribution in [3.05, 3.63) is 54.5 Å². The summed E-state index contributed by atoms with van der Waals surface area (Å²) < 4.78 is 0. The van der Waals surface area contributed by atoms with Crippen molar-refractivity contribution >= 4 is 29.1 Å². The summed E-state index contributed by atoms with van der Waals surface area (Å²) in [6.07, 6.45) is 4.62. The molecule has 0 fully saturated rings. The van der Waals surface area contributed by atoms with Crippen LogP contribution in [-0.4, -0.2) is 21.0 Å². The van der Waals surface area contributed by atoms with E-state index in [1.165, 1.54) is 12.4 Å². The predicted molar refractivity (Wildman–Crippen MR) is 75.3 cm³/mol. The van der Waals surface area contributed by atoms with E-state index in [0.29, 0.717) is 11.4 Å². The third-order valence-electron chi connectivity index (χ3n) is 2.13. The smallest absolute Gasteiger partial charge is 0.257 e. The van der Waals surface area contributed by atoms with Gasteiger partial charge in [-0.1, -0.05) is 18.2 Å². The molecule has 3 N–H and O–H groups in total. The number of aromatic nitrogens is 2. The zero-order valence-corrected chi connectivity index (χ0v) is 10.6. The van der Waals surface area contributed by atoms with E-state index in [1.807, 2.05) is 6.07 Å². The first-order valence-electron chi connectivity index (χ1n) is 5.44. The molecule has 0 saturated heterocycles. The minimum absolute atomic E-state index is 0.152. The van der Waals surface area contributed by atoms with E-state index in [9.17, 15) is 4.79 Å². The van der Waals surface area contributed by atoms with E-state index >= 15 is 0 Å². The molecule has 1 heterocycles. The Labute approximate surface area is 115 Å². The Morgan fingerprint density at radius 2 is 1.95 bits per heavy atom. The minimum atomic E-state index is -0.279. The van der Waals surface area contributed by atoms with Gasteiger partial charge in [-0.3, -0.25) is 25.9 Å². The number of nitrogens with zero attached hydrogens (tertiary/aromatic N) is 2. The van der Waals surface area contributed by atoms with Crippen LogP contribution < -0.4 is 16.2 Å². The topological polar surface area (TPSA) is 78.9 Å². The first-order valence-corrected chi connectivity index (χ1v) is 5.85. The van der Waals surface area contributed by atoms with Crippen molar-refractivity contribution in [1.29, 1.82) is 0 Å². The maximum absolute atomic E-state index is 11.8. The van der Waals surface area contributed by atoms with Gasteiger partial charge in [0.2, 0.25) is 0 Å². The Hall–Kier alpha value is -2.54. The number of benzene rings is 1. The number of amides is 1. The third kappa shape index (κ3) is 4.00. The zero-order chi connectivity index (χ0) is 13.5. The molecule has 19 heavy (non-hydrogen) atoms. The van der Waals surface area contributed by atoms with Gasteiger partial charge in [0, 0.05) is 18.0 Å². The summed E-state index contributed by atoms with van der Waals surface area (Å²) in [5.41, 5.74) is 5.90. The molecule has 0 spiro atoms. The zero-order valence-electron chi connectivity index (χ0n) is 9.83. The van der Waals surface area contributed by atoms with Gasteiger partial charge in [-0.2, -0.15) is 0 Å². The number of carbonyl (C=O) groups is 1. The fourth-order valence-electron chi connectivity index (χ4n) is 1.28. The van der Waals surface area contributed by atoms with Gasteiger partial charge in [-0.25, -0.2) is 4.98 Å². The highest BCUT2D eigenvalue weighted by molar-refractivity contribution is 7.80. The summed E-state index contributed by atoms with van der Waals surface area (Å²) >= 11 is 4.98. The minimum Gasteiger partial charge on any atom is -0.298 e. The Morgan fingerprint density at radius 1 is 1.16 bits per heavy atom. The van der Waals surface area contributed by atoms with Crippen LogP contribution >= 0.6 is 12.2 Å². The Kier molecular flexibility index (Phi) is 4.35. The molecule has 2 aromatic rings. The highest BCUT2D eigenvalue weighted by Gasteiger charge is 2.06. The molecule has 0 unspecified atom stereocenters. The van der Waals surface area contributed by atoms with Crippen molar-refractivity contribution in [3.63, 3.8) is 0 Å². The molecule has 1 aromatic carbocycles. The van der Waals surface area contributed by atoms with E-state index in [2.05, 4.69) is 26.1 Å². The van der Waals surface area contributed by atoms with Crippen LogP contribution in [0, 0.1) is 0 Å². The highest BCUT2D eigenvalue weighted by atomic mass is 32.1. The van der Waals surface area contributed by atoms with Crippen LogP contribution in [0.4, 0.5) is 5.82 Å². The lowest BCUT2D eigenvalue weighted by Gasteiger charge is -2.10. The van der Waals surface area contributed by atoms with Crippen LogP contribution in [0.3, 0.4) is 0 Å². The molecule has 0 saturated carbocycles. The lowest BCUT2D eigenvalue weighted by molar-refractivity contribution is 0.0977. The quantitative estimate of drug-likeness (QED) is 0.574. The van der Waals surface area contributed by atoms with Crippen LogP contribution in [0.25, 0.3) is 0 Å². The van der Waals surface area contributed by atoms with Gasteiger partial charge in [0.05, 0.1) is 6.20 Å². The number of thiocarbonyl (C=S) groups is 1. The second-order valence-electron chi connectivity index (χ2n) is 3.49. The molecule has 1 amide bonds. The van der Waals surface area contributed by atoms with Crippen LogP contribution in [-0.2, 0) is 0 Å². The van der Waals surface area contributed by atoms with Gasteiger partial charge >= 0.3 is 0 Å². The molecule has 1 aromatic heterocycles. The molecule has 0 aliphatic heterocycles. The van der Waals surface area contributed by atoms with Crippen molar-refractivity contribution in [2.75, 3.05) is 5.43 Å². The lowest BCUT2D eigenvalue weighted by atomic mass is 10.2. The van der Waals surface area contributed by atoms with Crippen LogP contribution in [0.2, 0.25) is 0 Å². The van der Waals surface area contributed by atoms with Gasteiger partial charge in [-0.15, -0.1) is 0 Å². The van der Waals surface area contributed by atoms with Crippen molar-refractivity contribution < 1.29 is 4.79 Å². The first kappa shape index (κ1) is 12.9. The molecule has 6 nitrogen and oxygen atoms in total. The first-order chi connectivity index (χ1) is 9.25. The van der Waals surface area contributed by atoms with Gasteiger partial charge in [-0.05, 0) is 24.4 Å². The van der Waals surface area contributed by atoms with E-state index in [4.69, 9.17) is 12.2 Å². The van der Waals surface area contributed by atoms with E-state index < -0.39 is 0 Å². The standard InChI is InChI=1S/C12H11N5OS/c18-11(9-4-2-1-3-5-9)15-12(19)17-16-10-8-13-6-7-14-10/h1-8H,(H,14,16)(H2,15,17,18,19). The number of hydrogen-bond acceptors (Lipinski definition) is 5. The normalized spacial score (nSPS) is 9.47. The van der Waals surface area contributed by atoms with Crippen molar-refractivity contribution in [2.24, 2.45) is 0 Å². The molecule has 0 aliphatic carbocycles. The van der Waals surface area contributed by atoms with Crippen molar-refractivity contribution in [1.82, 2.24) is 20.7 Å². The van der Waals surface area contributed by atoms with Gasteiger partial charge in [0.15, 0.2) is 10.9 Å². The molecular formula is C12H11N5OS. The summed E-state index contributed by atoms with van der Waals surface area (Å²) in [6, 6.07) is 8.80. The summed E-state index contributed by atoms with van der Waals surface area (Å²) in [4.78, 5) is 19.6.